The fourth-order valence-electron chi connectivity index (χ4n) is 2.80. The van der Waals surface area contributed by atoms with E-state index in [4.69, 9.17) is 0 Å². The molecule has 1 fully saturated rings. The van der Waals surface area contributed by atoms with Crippen molar-refractivity contribution in [2.75, 3.05) is 18.4 Å². The van der Waals surface area contributed by atoms with Crippen LogP contribution in [0.1, 0.15) is 18.4 Å². The topological polar surface area (TPSA) is 28.2 Å². The Morgan fingerprint density at radius 3 is 2.62 bits per heavy atom. The Bertz CT molecular complexity index is 565. The third-order valence-corrected chi connectivity index (χ3v) is 3.93. The number of pyridine rings is 1. The summed E-state index contributed by atoms with van der Waals surface area (Å²) in [5.74, 6) is -0.429. The van der Waals surface area contributed by atoms with Crippen LogP contribution in [0, 0.1) is 5.95 Å². The van der Waals surface area contributed by atoms with E-state index in [9.17, 15) is 4.39 Å². The second-order valence-corrected chi connectivity index (χ2v) is 5.55. The zero-order chi connectivity index (χ0) is 14.5. The maximum absolute atomic E-state index is 13.1. The van der Waals surface area contributed by atoms with Crippen LogP contribution in [-0.4, -0.2) is 29.0 Å². The van der Waals surface area contributed by atoms with E-state index in [-0.39, 0.29) is 0 Å². The number of hydrogen-bond acceptors (Lipinski definition) is 3. The van der Waals surface area contributed by atoms with E-state index in [0.29, 0.717) is 6.04 Å². The van der Waals surface area contributed by atoms with Gasteiger partial charge in [-0.3, -0.25) is 4.90 Å². The molecule has 0 saturated carbocycles. The molecule has 1 saturated heterocycles. The predicted molar refractivity (Wildman–Crippen MR) is 82.6 cm³/mol. The summed E-state index contributed by atoms with van der Waals surface area (Å²) in [5, 5.41) is 3.40. The van der Waals surface area contributed by atoms with E-state index >= 15 is 0 Å². The number of likely N-dealkylation sites (tertiary alicyclic amines) is 1. The van der Waals surface area contributed by atoms with Gasteiger partial charge in [-0.2, -0.15) is 4.39 Å². The third kappa shape index (κ3) is 4.02. The first-order valence-corrected chi connectivity index (χ1v) is 7.44. The van der Waals surface area contributed by atoms with Gasteiger partial charge in [0.15, 0.2) is 0 Å². The molecule has 1 aliphatic rings. The minimum absolute atomic E-state index is 0.416. The van der Waals surface area contributed by atoms with Crippen molar-refractivity contribution in [2.45, 2.75) is 25.4 Å². The highest BCUT2D eigenvalue weighted by Crippen LogP contribution is 2.18. The summed E-state index contributed by atoms with van der Waals surface area (Å²) in [6, 6.07) is 14.2. The molecule has 110 valence electrons. The monoisotopic (exact) mass is 285 g/mol. The van der Waals surface area contributed by atoms with Crippen LogP contribution < -0.4 is 5.32 Å². The van der Waals surface area contributed by atoms with Crippen LogP contribution in [0.5, 0.6) is 0 Å². The molecule has 0 spiro atoms. The number of nitrogens with zero attached hydrogens (tertiary/aromatic N) is 2. The molecule has 0 aliphatic carbocycles. The summed E-state index contributed by atoms with van der Waals surface area (Å²) in [4.78, 5) is 6.05. The number of nitrogens with one attached hydrogen (secondary N) is 1. The van der Waals surface area contributed by atoms with E-state index in [2.05, 4.69) is 39.5 Å². The first-order valence-electron chi connectivity index (χ1n) is 7.44. The number of piperidine rings is 1. The largest absolute Gasteiger partial charge is 0.382 e. The van der Waals surface area contributed by atoms with Crippen LogP contribution in [0.25, 0.3) is 0 Å². The van der Waals surface area contributed by atoms with E-state index in [1.807, 2.05) is 12.1 Å². The molecular weight excluding hydrogens is 265 g/mol. The number of hydrogen-bond donors (Lipinski definition) is 1. The second kappa shape index (κ2) is 6.68. The van der Waals surface area contributed by atoms with Crippen LogP contribution in [0.2, 0.25) is 0 Å². The highest BCUT2D eigenvalue weighted by molar-refractivity contribution is 5.42. The van der Waals surface area contributed by atoms with Crippen LogP contribution >= 0.6 is 0 Å². The Kier molecular flexibility index (Phi) is 4.46. The van der Waals surface area contributed by atoms with Crippen molar-refractivity contribution in [3.8, 4) is 0 Å². The van der Waals surface area contributed by atoms with Crippen molar-refractivity contribution in [1.29, 1.82) is 0 Å². The summed E-state index contributed by atoms with van der Waals surface area (Å²) in [5.41, 5.74) is 2.18. The van der Waals surface area contributed by atoms with Crippen LogP contribution in [-0.2, 0) is 6.54 Å². The lowest BCUT2D eigenvalue weighted by Gasteiger charge is -2.32. The maximum Gasteiger partial charge on any atom is 0.214 e. The molecule has 1 N–H and O–H groups in total. The summed E-state index contributed by atoms with van der Waals surface area (Å²) >= 11 is 0. The Morgan fingerprint density at radius 1 is 1.14 bits per heavy atom. The molecule has 1 aliphatic heterocycles. The average molecular weight is 285 g/mol. The van der Waals surface area contributed by atoms with Gasteiger partial charge in [0.25, 0.3) is 0 Å². The fourth-order valence-corrected chi connectivity index (χ4v) is 2.80. The van der Waals surface area contributed by atoms with Gasteiger partial charge < -0.3 is 5.32 Å². The van der Waals surface area contributed by atoms with Gasteiger partial charge in [0.05, 0.1) is 0 Å². The molecule has 0 bridgehead atoms. The van der Waals surface area contributed by atoms with Gasteiger partial charge in [-0.25, -0.2) is 4.98 Å². The Balaban J connectivity index is 1.49. The fraction of sp³-hybridized carbons (Fsp3) is 0.353. The molecule has 1 aromatic carbocycles. The van der Waals surface area contributed by atoms with E-state index in [1.54, 1.807) is 0 Å². The van der Waals surface area contributed by atoms with Crippen molar-refractivity contribution in [3.63, 3.8) is 0 Å². The van der Waals surface area contributed by atoms with Crippen molar-refractivity contribution in [2.24, 2.45) is 0 Å². The van der Waals surface area contributed by atoms with E-state index < -0.39 is 5.95 Å². The van der Waals surface area contributed by atoms with Gasteiger partial charge in [-0.1, -0.05) is 30.3 Å². The van der Waals surface area contributed by atoms with Crippen LogP contribution in [0.3, 0.4) is 0 Å². The number of anilines is 1. The predicted octanol–water partition coefficient (Wildman–Crippen LogP) is 3.30. The standard InChI is InChI=1S/C17H20FN3/c18-17-12-16(6-9-19-17)20-15-7-10-21(11-8-15)13-14-4-2-1-3-5-14/h1-6,9,12,15H,7-8,10-11,13H2,(H,19,20). The SMILES string of the molecule is Fc1cc(NC2CCN(Cc3ccccc3)CC2)ccn1. The molecular formula is C17H20FN3. The van der Waals surface area contributed by atoms with Gasteiger partial charge in [-0.05, 0) is 24.5 Å². The van der Waals surface area contributed by atoms with Crippen LogP contribution in [0.4, 0.5) is 10.1 Å². The molecule has 3 rings (SSSR count). The number of aromatic nitrogens is 1. The molecule has 0 amide bonds. The molecule has 2 aromatic rings. The summed E-state index contributed by atoms with van der Waals surface area (Å²) < 4.78 is 13.1. The summed E-state index contributed by atoms with van der Waals surface area (Å²) in [6.45, 7) is 3.15. The quantitative estimate of drug-likeness (QED) is 0.874. The number of halogens is 1. The first-order chi connectivity index (χ1) is 10.3. The van der Waals surface area contributed by atoms with Gasteiger partial charge in [0.1, 0.15) is 0 Å². The minimum Gasteiger partial charge on any atom is -0.382 e. The Labute approximate surface area is 124 Å². The van der Waals surface area contributed by atoms with E-state index in [1.165, 1.54) is 17.8 Å². The van der Waals surface area contributed by atoms with Gasteiger partial charge in [-0.15, -0.1) is 0 Å². The van der Waals surface area contributed by atoms with Crippen molar-refractivity contribution in [3.05, 3.63) is 60.2 Å². The zero-order valence-electron chi connectivity index (χ0n) is 12.0. The third-order valence-electron chi connectivity index (χ3n) is 3.93. The van der Waals surface area contributed by atoms with Gasteiger partial charge >= 0.3 is 0 Å². The summed E-state index contributed by atoms with van der Waals surface area (Å²) in [7, 11) is 0. The highest BCUT2D eigenvalue weighted by Gasteiger charge is 2.19. The number of benzene rings is 1. The first kappa shape index (κ1) is 14.0. The van der Waals surface area contributed by atoms with Gasteiger partial charge in [0.2, 0.25) is 5.95 Å². The van der Waals surface area contributed by atoms with Crippen molar-refractivity contribution < 1.29 is 4.39 Å². The van der Waals surface area contributed by atoms with Gasteiger partial charge in [0, 0.05) is 43.6 Å². The minimum atomic E-state index is -0.429. The normalized spacial score (nSPS) is 16.8. The number of rotatable bonds is 4. The molecule has 3 nitrogen and oxygen atoms in total. The van der Waals surface area contributed by atoms with Crippen LogP contribution in [0.15, 0.2) is 48.7 Å². The second-order valence-electron chi connectivity index (χ2n) is 5.55. The Morgan fingerprint density at radius 2 is 1.90 bits per heavy atom. The lowest BCUT2D eigenvalue weighted by atomic mass is 10.0. The lowest BCUT2D eigenvalue weighted by Crippen LogP contribution is -2.38. The van der Waals surface area contributed by atoms with Crippen molar-refractivity contribution >= 4 is 5.69 Å². The summed E-state index contributed by atoms with van der Waals surface area (Å²) in [6.07, 6.45) is 3.66. The maximum atomic E-state index is 13.1. The molecule has 0 radical (unpaired) electrons. The Hall–Kier alpha value is -1.94. The molecule has 0 unspecified atom stereocenters. The van der Waals surface area contributed by atoms with Crippen molar-refractivity contribution in [1.82, 2.24) is 9.88 Å². The molecule has 1 aromatic heterocycles. The average Bonchev–Trinajstić information content (AvgIpc) is 2.50. The lowest BCUT2D eigenvalue weighted by molar-refractivity contribution is 0.211. The molecule has 21 heavy (non-hydrogen) atoms. The van der Waals surface area contributed by atoms with E-state index in [0.717, 1.165) is 38.2 Å². The molecule has 0 atom stereocenters. The molecule has 4 heteroatoms. The zero-order valence-corrected chi connectivity index (χ0v) is 12.0. The smallest absolute Gasteiger partial charge is 0.214 e. The molecule has 2 heterocycles. The highest BCUT2D eigenvalue weighted by atomic mass is 19.1.